The molecule has 0 saturated carbocycles. The number of rotatable bonds is 4. The van der Waals surface area contributed by atoms with Gasteiger partial charge in [-0.3, -0.25) is 14.1 Å². The van der Waals surface area contributed by atoms with Crippen LogP contribution in [0.15, 0.2) is 41.3 Å². The molecule has 0 aliphatic rings. The molecule has 0 saturated heterocycles. The Bertz CT molecular complexity index is 832. The van der Waals surface area contributed by atoms with Crippen molar-refractivity contribution in [3.63, 3.8) is 0 Å². The minimum Gasteiger partial charge on any atom is -0.325 e. The van der Waals surface area contributed by atoms with E-state index in [2.05, 4.69) is 5.32 Å². The molecule has 1 radical (unpaired) electrons. The zero-order valence-electron chi connectivity index (χ0n) is 12.2. The Labute approximate surface area is 170 Å². The van der Waals surface area contributed by atoms with Crippen molar-refractivity contribution in [3.8, 4) is 0 Å². The average Bonchev–Trinajstić information content (AvgIpc) is 2.36. The molecule has 0 bridgehead atoms. The van der Waals surface area contributed by atoms with Crippen molar-refractivity contribution in [2.45, 2.75) is 18.2 Å². The van der Waals surface area contributed by atoms with E-state index in [0.717, 1.165) is 0 Å². The van der Waals surface area contributed by atoms with Gasteiger partial charge < -0.3 is 5.32 Å². The zero-order valence-corrected chi connectivity index (χ0v) is 16.1. The fraction of sp³-hybridized carbons (Fsp3) is 0.143. The quantitative estimate of drug-likeness (QED) is 0.498. The smallest absolute Gasteiger partial charge is 0.295 e. The maximum absolute atomic E-state index is 11.6. The molecule has 6 nitrogen and oxygen atoms in total. The van der Waals surface area contributed by atoms with Gasteiger partial charge in [-0.2, -0.15) is 8.42 Å². The number of hydrogen-bond donors (Lipinski definition) is 2. The van der Waals surface area contributed by atoms with Crippen molar-refractivity contribution in [1.29, 1.82) is 0 Å². The van der Waals surface area contributed by atoms with Crippen LogP contribution in [0.25, 0.3) is 10.8 Å². The summed E-state index contributed by atoms with van der Waals surface area (Å²) in [7, 11) is -4.36. The monoisotopic (exact) mass is 346 g/mol. The van der Waals surface area contributed by atoms with Gasteiger partial charge in [-0.15, -0.1) is 0 Å². The number of Topliss-reactive ketones (excluding diaryl/α,β-unsaturated/α-hetero) is 1. The van der Waals surface area contributed by atoms with E-state index < -0.39 is 16.0 Å². The van der Waals surface area contributed by atoms with Crippen molar-refractivity contribution in [1.82, 2.24) is 0 Å². The molecule has 0 atom stereocenters. The summed E-state index contributed by atoms with van der Waals surface area (Å²) in [6, 6.07) is 9.03. The van der Waals surface area contributed by atoms with Crippen LogP contribution in [-0.2, 0) is 19.7 Å². The summed E-state index contributed by atoms with van der Waals surface area (Å²) in [5.41, 5.74) is 0.379. The van der Waals surface area contributed by atoms with Gasteiger partial charge in [0.05, 0.1) is 6.42 Å². The van der Waals surface area contributed by atoms with Crippen LogP contribution in [0.5, 0.6) is 0 Å². The second kappa shape index (κ2) is 7.78. The fourth-order valence-corrected chi connectivity index (χ4v) is 2.74. The molecule has 0 spiro atoms. The SMILES string of the molecule is CC(=O)CC(=O)Nc1cccc2c(S(=O)(=O)O)cccc12.[K]. The van der Waals surface area contributed by atoms with Crippen LogP contribution in [0, 0.1) is 0 Å². The molecule has 0 unspecified atom stereocenters. The topological polar surface area (TPSA) is 101 Å². The fourth-order valence-electron chi connectivity index (χ4n) is 2.04. The first kappa shape index (κ1) is 19.4. The molecular formula is C14H13KNO5S. The third-order valence-corrected chi connectivity index (χ3v) is 3.76. The van der Waals surface area contributed by atoms with Crippen molar-refractivity contribution >= 4 is 89.7 Å². The molecule has 8 heteroatoms. The third-order valence-electron chi connectivity index (χ3n) is 2.84. The number of ketones is 1. The standard InChI is InChI=1S/C14H13NO5S.K/c1-9(16)8-14(17)15-12-6-2-5-11-10(12)4-3-7-13(11)21(18,19)20;/h2-7H,8H2,1H3,(H,15,17)(H,18,19,20);. The third kappa shape index (κ3) is 4.69. The van der Waals surface area contributed by atoms with Crippen LogP contribution in [0.2, 0.25) is 0 Å². The molecule has 2 rings (SSSR count). The van der Waals surface area contributed by atoms with E-state index in [0.29, 0.717) is 16.5 Å². The molecule has 0 fully saturated rings. The first-order valence-electron chi connectivity index (χ1n) is 6.07. The second-order valence-electron chi connectivity index (χ2n) is 4.56. The minimum atomic E-state index is -4.36. The van der Waals surface area contributed by atoms with Crippen molar-refractivity contribution in [2.24, 2.45) is 0 Å². The molecule has 0 aliphatic heterocycles. The molecule has 1 amide bonds. The molecule has 0 heterocycles. The zero-order chi connectivity index (χ0) is 15.6. The summed E-state index contributed by atoms with van der Waals surface area (Å²) >= 11 is 0. The van der Waals surface area contributed by atoms with E-state index in [1.165, 1.54) is 25.1 Å². The van der Waals surface area contributed by atoms with Gasteiger partial charge in [0, 0.05) is 67.8 Å². The summed E-state index contributed by atoms with van der Waals surface area (Å²) in [5, 5.41) is 3.31. The second-order valence-corrected chi connectivity index (χ2v) is 5.95. The van der Waals surface area contributed by atoms with Gasteiger partial charge >= 0.3 is 0 Å². The van der Waals surface area contributed by atoms with E-state index in [-0.39, 0.29) is 68.5 Å². The summed E-state index contributed by atoms with van der Waals surface area (Å²) < 4.78 is 31.9. The maximum atomic E-state index is 11.6. The van der Waals surface area contributed by atoms with Crippen LogP contribution in [0.1, 0.15) is 13.3 Å². The molecule has 0 aromatic heterocycles. The van der Waals surface area contributed by atoms with Crippen molar-refractivity contribution < 1.29 is 22.6 Å². The predicted molar refractivity (Wildman–Crippen MR) is 83.4 cm³/mol. The van der Waals surface area contributed by atoms with Crippen molar-refractivity contribution in [3.05, 3.63) is 36.4 Å². The molecular weight excluding hydrogens is 333 g/mol. The Morgan fingerprint density at radius 1 is 1.09 bits per heavy atom. The number of fused-ring (bicyclic) bond motifs is 1. The van der Waals surface area contributed by atoms with Crippen LogP contribution in [0.4, 0.5) is 5.69 Å². The van der Waals surface area contributed by atoms with Crippen LogP contribution in [0.3, 0.4) is 0 Å². The van der Waals surface area contributed by atoms with E-state index in [1.807, 2.05) is 0 Å². The molecule has 111 valence electrons. The summed E-state index contributed by atoms with van der Waals surface area (Å²) in [6.07, 6.45) is -0.256. The maximum Gasteiger partial charge on any atom is 0.295 e. The van der Waals surface area contributed by atoms with E-state index in [1.54, 1.807) is 18.2 Å². The largest absolute Gasteiger partial charge is 0.325 e. The number of carbonyl (C=O) groups is 2. The first-order chi connectivity index (χ1) is 9.79. The van der Waals surface area contributed by atoms with Gasteiger partial charge in [0.15, 0.2) is 0 Å². The molecule has 22 heavy (non-hydrogen) atoms. The molecule has 0 aliphatic carbocycles. The molecule has 2 aromatic rings. The minimum absolute atomic E-state index is 0. The van der Waals surface area contributed by atoms with Crippen molar-refractivity contribution in [2.75, 3.05) is 5.32 Å². The Balaban J connectivity index is 0.00000242. The number of anilines is 1. The Morgan fingerprint density at radius 3 is 2.27 bits per heavy atom. The Kier molecular flexibility index (Phi) is 6.87. The van der Waals surface area contributed by atoms with Gasteiger partial charge in [0.2, 0.25) is 5.91 Å². The predicted octanol–water partition coefficient (Wildman–Crippen LogP) is 1.62. The van der Waals surface area contributed by atoms with E-state index >= 15 is 0 Å². The first-order valence-corrected chi connectivity index (χ1v) is 7.51. The number of amides is 1. The summed E-state index contributed by atoms with van der Waals surface area (Å²) in [6.45, 7) is 1.30. The number of nitrogens with one attached hydrogen (secondary N) is 1. The van der Waals surface area contributed by atoms with E-state index in [4.69, 9.17) is 0 Å². The van der Waals surface area contributed by atoms with Crippen LogP contribution in [-0.4, -0.2) is 76.0 Å². The normalized spacial score (nSPS) is 10.8. The molecule has 2 aromatic carbocycles. The van der Waals surface area contributed by atoms with Gasteiger partial charge in [0.1, 0.15) is 10.7 Å². The number of hydrogen-bond acceptors (Lipinski definition) is 4. The summed E-state index contributed by atoms with van der Waals surface area (Å²) in [5.74, 6) is -0.751. The van der Waals surface area contributed by atoms with Gasteiger partial charge in [0.25, 0.3) is 10.1 Å². The van der Waals surface area contributed by atoms with Gasteiger partial charge in [-0.25, -0.2) is 0 Å². The van der Waals surface area contributed by atoms with Crippen LogP contribution >= 0.6 is 0 Å². The number of benzene rings is 2. The van der Waals surface area contributed by atoms with Crippen LogP contribution < -0.4 is 5.32 Å². The van der Waals surface area contributed by atoms with Gasteiger partial charge in [-0.05, 0) is 19.1 Å². The van der Waals surface area contributed by atoms with E-state index in [9.17, 15) is 22.6 Å². The Hall–Kier alpha value is -0.614. The Morgan fingerprint density at radius 2 is 1.68 bits per heavy atom. The summed E-state index contributed by atoms with van der Waals surface area (Å²) in [4.78, 5) is 22.3. The average molecular weight is 346 g/mol. The molecule has 2 N–H and O–H groups in total. The van der Waals surface area contributed by atoms with Gasteiger partial charge in [-0.1, -0.05) is 24.3 Å². The number of carbonyl (C=O) groups excluding carboxylic acids is 2.